The standard InChI is InChI=1S/C14H17N3O2/c1-11(10-17-9-5-8-15-17)16-13(14(18)19)12-6-3-2-4-7-12/h2-9,11,13,16H,10H2,1H3,(H,18,19). The Kier molecular flexibility index (Phi) is 4.30. The molecular formula is C14H17N3O2. The van der Waals surface area contributed by atoms with Crippen molar-refractivity contribution < 1.29 is 9.90 Å². The molecule has 2 atom stereocenters. The van der Waals surface area contributed by atoms with E-state index < -0.39 is 12.0 Å². The van der Waals surface area contributed by atoms with E-state index in [2.05, 4.69) is 10.4 Å². The highest BCUT2D eigenvalue weighted by Gasteiger charge is 2.21. The van der Waals surface area contributed by atoms with Gasteiger partial charge in [0, 0.05) is 18.4 Å². The molecule has 0 saturated carbocycles. The SMILES string of the molecule is CC(Cn1cccn1)NC(C(=O)O)c1ccccc1. The van der Waals surface area contributed by atoms with Crippen LogP contribution in [0.3, 0.4) is 0 Å². The van der Waals surface area contributed by atoms with Gasteiger partial charge < -0.3 is 5.11 Å². The Balaban J connectivity index is 2.03. The Morgan fingerprint density at radius 1 is 1.37 bits per heavy atom. The predicted molar refractivity (Wildman–Crippen MR) is 71.6 cm³/mol. The highest BCUT2D eigenvalue weighted by atomic mass is 16.4. The van der Waals surface area contributed by atoms with Crippen LogP contribution in [0.25, 0.3) is 0 Å². The summed E-state index contributed by atoms with van der Waals surface area (Å²) in [6.07, 6.45) is 3.56. The van der Waals surface area contributed by atoms with Gasteiger partial charge in [-0.3, -0.25) is 14.8 Å². The van der Waals surface area contributed by atoms with Crippen LogP contribution in [0.15, 0.2) is 48.8 Å². The third-order valence-electron chi connectivity index (χ3n) is 2.85. The van der Waals surface area contributed by atoms with Crippen LogP contribution in [0.2, 0.25) is 0 Å². The fourth-order valence-electron chi connectivity index (χ4n) is 1.98. The zero-order valence-corrected chi connectivity index (χ0v) is 10.7. The van der Waals surface area contributed by atoms with E-state index >= 15 is 0 Å². The minimum Gasteiger partial charge on any atom is -0.480 e. The van der Waals surface area contributed by atoms with E-state index in [1.54, 1.807) is 10.9 Å². The van der Waals surface area contributed by atoms with Crippen LogP contribution in [0.1, 0.15) is 18.5 Å². The van der Waals surface area contributed by atoms with Gasteiger partial charge in [-0.05, 0) is 18.6 Å². The maximum Gasteiger partial charge on any atom is 0.325 e. The summed E-state index contributed by atoms with van der Waals surface area (Å²) in [5, 5.41) is 16.5. The molecule has 0 amide bonds. The molecule has 0 aliphatic rings. The molecule has 0 fully saturated rings. The van der Waals surface area contributed by atoms with Gasteiger partial charge in [0.2, 0.25) is 0 Å². The van der Waals surface area contributed by atoms with Gasteiger partial charge in [-0.1, -0.05) is 30.3 Å². The molecule has 100 valence electrons. The first-order valence-electron chi connectivity index (χ1n) is 6.18. The summed E-state index contributed by atoms with van der Waals surface area (Å²) in [4.78, 5) is 11.4. The number of carbonyl (C=O) groups is 1. The van der Waals surface area contributed by atoms with Gasteiger partial charge in [0.05, 0.1) is 6.54 Å². The second-order valence-corrected chi connectivity index (χ2v) is 4.48. The van der Waals surface area contributed by atoms with Crippen LogP contribution in [-0.4, -0.2) is 26.9 Å². The quantitative estimate of drug-likeness (QED) is 0.828. The molecule has 2 unspecified atom stereocenters. The Bertz CT molecular complexity index is 511. The highest BCUT2D eigenvalue weighted by Crippen LogP contribution is 2.13. The van der Waals surface area contributed by atoms with Crippen LogP contribution in [-0.2, 0) is 11.3 Å². The van der Waals surface area contributed by atoms with E-state index in [4.69, 9.17) is 0 Å². The maximum absolute atomic E-state index is 11.4. The largest absolute Gasteiger partial charge is 0.480 e. The molecule has 2 aromatic rings. The zero-order valence-electron chi connectivity index (χ0n) is 10.7. The van der Waals surface area contributed by atoms with E-state index in [0.717, 1.165) is 5.56 Å². The van der Waals surface area contributed by atoms with Crippen molar-refractivity contribution in [3.05, 3.63) is 54.4 Å². The molecule has 19 heavy (non-hydrogen) atoms. The number of hydrogen-bond acceptors (Lipinski definition) is 3. The van der Waals surface area contributed by atoms with Crippen molar-refractivity contribution in [1.29, 1.82) is 0 Å². The molecule has 5 heteroatoms. The molecule has 2 N–H and O–H groups in total. The first-order chi connectivity index (χ1) is 9.16. The van der Waals surface area contributed by atoms with E-state index in [-0.39, 0.29) is 6.04 Å². The van der Waals surface area contributed by atoms with Crippen molar-refractivity contribution in [3.8, 4) is 0 Å². The number of hydrogen-bond donors (Lipinski definition) is 2. The molecule has 0 radical (unpaired) electrons. The zero-order chi connectivity index (χ0) is 13.7. The van der Waals surface area contributed by atoms with Gasteiger partial charge in [0.25, 0.3) is 0 Å². The summed E-state index contributed by atoms with van der Waals surface area (Å²) >= 11 is 0. The second-order valence-electron chi connectivity index (χ2n) is 4.48. The van der Waals surface area contributed by atoms with Crippen LogP contribution in [0, 0.1) is 0 Å². The minimum absolute atomic E-state index is 0.00112. The van der Waals surface area contributed by atoms with Crippen LogP contribution in [0.5, 0.6) is 0 Å². The molecule has 0 bridgehead atoms. The monoisotopic (exact) mass is 259 g/mol. The molecule has 5 nitrogen and oxygen atoms in total. The smallest absolute Gasteiger partial charge is 0.325 e. The van der Waals surface area contributed by atoms with Crippen LogP contribution in [0.4, 0.5) is 0 Å². The highest BCUT2D eigenvalue weighted by molar-refractivity contribution is 5.75. The molecule has 0 aliphatic heterocycles. The lowest BCUT2D eigenvalue weighted by Crippen LogP contribution is -2.37. The van der Waals surface area contributed by atoms with Gasteiger partial charge in [-0.25, -0.2) is 0 Å². The van der Waals surface area contributed by atoms with Crippen LogP contribution >= 0.6 is 0 Å². The predicted octanol–water partition coefficient (Wildman–Crippen LogP) is 1.69. The fraction of sp³-hybridized carbons (Fsp3) is 0.286. The first-order valence-corrected chi connectivity index (χ1v) is 6.18. The third kappa shape index (κ3) is 3.66. The average molecular weight is 259 g/mol. The number of aliphatic carboxylic acids is 1. The molecule has 0 spiro atoms. The number of benzene rings is 1. The lowest BCUT2D eigenvalue weighted by atomic mass is 10.1. The van der Waals surface area contributed by atoms with Gasteiger partial charge in [0.1, 0.15) is 6.04 Å². The number of nitrogens with one attached hydrogen (secondary N) is 1. The van der Waals surface area contributed by atoms with Crippen molar-refractivity contribution in [3.63, 3.8) is 0 Å². The van der Waals surface area contributed by atoms with Crippen LogP contribution < -0.4 is 5.32 Å². The number of aromatic nitrogens is 2. The lowest BCUT2D eigenvalue weighted by molar-refractivity contribution is -0.139. The molecule has 0 aliphatic carbocycles. The average Bonchev–Trinajstić information content (AvgIpc) is 2.89. The Hall–Kier alpha value is -2.14. The Labute approximate surface area is 111 Å². The second kappa shape index (κ2) is 6.15. The molecule has 1 aromatic carbocycles. The van der Waals surface area contributed by atoms with E-state index in [1.807, 2.05) is 49.5 Å². The summed E-state index contributed by atoms with van der Waals surface area (Å²) in [5.41, 5.74) is 0.752. The van der Waals surface area contributed by atoms with Gasteiger partial charge in [-0.2, -0.15) is 5.10 Å². The maximum atomic E-state index is 11.4. The number of rotatable bonds is 6. The van der Waals surface area contributed by atoms with Crippen molar-refractivity contribution in [2.24, 2.45) is 0 Å². The van der Waals surface area contributed by atoms with Crippen molar-refractivity contribution in [2.75, 3.05) is 0 Å². The normalized spacial score (nSPS) is 13.9. The number of carboxylic acids is 1. The van der Waals surface area contributed by atoms with Crippen molar-refractivity contribution in [2.45, 2.75) is 25.6 Å². The Morgan fingerprint density at radius 3 is 2.68 bits per heavy atom. The topological polar surface area (TPSA) is 67.2 Å². The number of carboxylic acid groups (broad SMARTS) is 1. The first kappa shape index (κ1) is 13.3. The van der Waals surface area contributed by atoms with Crippen molar-refractivity contribution >= 4 is 5.97 Å². The van der Waals surface area contributed by atoms with E-state index in [9.17, 15) is 9.90 Å². The van der Waals surface area contributed by atoms with Gasteiger partial charge in [-0.15, -0.1) is 0 Å². The molecule has 2 rings (SSSR count). The Morgan fingerprint density at radius 2 is 2.11 bits per heavy atom. The summed E-state index contributed by atoms with van der Waals surface area (Å²) in [6.45, 7) is 2.57. The van der Waals surface area contributed by atoms with Gasteiger partial charge in [0.15, 0.2) is 0 Å². The fourth-order valence-corrected chi connectivity index (χ4v) is 1.98. The minimum atomic E-state index is -0.876. The molecular weight excluding hydrogens is 242 g/mol. The molecule has 1 heterocycles. The van der Waals surface area contributed by atoms with Crippen molar-refractivity contribution in [1.82, 2.24) is 15.1 Å². The van der Waals surface area contributed by atoms with E-state index in [1.165, 1.54) is 0 Å². The summed E-state index contributed by atoms with van der Waals surface area (Å²) in [5.74, 6) is -0.876. The third-order valence-corrected chi connectivity index (χ3v) is 2.85. The lowest BCUT2D eigenvalue weighted by Gasteiger charge is -2.20. The summed E-state index contributed by atoms with van der Waals surface area (Å²) in [7, 11) is 0. The summed E-state index contributed by atoms with van der Waals surface area (Å²) in [6, 6.07) is 10.3. The molecule has 1 aromatic heterocycles. The number of nitrogens with zero attached hydrogens (tertiary/aromatic N) is 2. The summed E-state index contributed by atoms with van der Waals surface area (Å²) < 4.78 is 1.78. The molecule has 0 saturated heterocycles. The van der Waals surface area contributed by atoms with E-state index in [0.29, 0.717) is 6.54 Å². The van der Waals surface area contributed by atoms with Gasteiger partial charge >= 0.3 is 5.97 Å².